The first-order valence-corrected chi connectivity index (χ1v) is 12.3. The molecule has 3 aliphatic rings. The van der Waals surface area contributed by atoms with Gasteiger partial charge in [0.05, 0.1) is 6.04 Å². The molecular weight excluding hydrogens is 430 g/mol. The maximum absolute atomic E-state index is 5.03. The summed E-state index contributed by atoms with van der Waals surface area (Å²) < 4.78 is 4.72. The Labute approximate surface area is 209 Å². The van der Waals surface area contributed by atoms with Crippen LogP contribution in [0.3, 0.4) is 0 Å². The minimum Gasteiger partial charge on any atom is -0.345 e. The second-order valence-corrected chi connectivity index (χ2v) is 10.1. The Bertz CT molecular complexity index is 1350. The van der Waals surface area contributed by atoms with Crippen LogP contribution in [-0.4, -0.2) is 24.3 Å². The van der Waals surface area contributed by atoms with Gasteiger partial charge in [-0.05, 0) is 75.0 Å². The second-order valence-electron chi connectivity index (χ2n) is 10.1. The van der Waals surface area contributed by atoms with Gasteiger partial charge in [-0.2, -0.15) is 0 Å². The number of nitrogens with zero attached hydrogens (tertiary/aromatic N) is 4. The predicted octanol–water partition coefficient (Wildman–Crippen LogP) is 6.51. The minimum atomic E-state index is 0. The van der Waals surface area contributed by atoms with Gasteiger partial charge in [-0.25, -0.2) is 9.97 Å². The summed E-state index contributed by atoms with van der Waals surface area (Å²) in [6, 6.07) is 2.71. The van der Waals surface area contributed by atoms with Crippen molar-refractivity contribution in [2.45, 2.75) is 65.8 Å². The largest absolute Gasteiger partial charge is 0.345 e. The van der Waals surface area contributed by atoms with Gasteiger partial charge >= 0.3 is 0 Å². The quantitative estimate of drug-likeness (QED) is 0.437. The number of fused-ring (bicyclic) bond motifs is 3. The van der Waals surface area contributed by atoms with Crippen molar-refractivity contribution in [3.8, 4) is 36.1 Å². The zero-order valence-electron chi connectivity index (χ0n) is 20.4. The van der Waals surface area contributed by atoms with Gasteiger partial charge in [0.15, 0.2) is 5.82 Å². The molecule has 0 amide bonds. The fraction of sp³-hybridized carbons (Fsp3) is 0.467. The molecule has 3 atom stereocenters. The SMILES string of the molecule is C.C#C.Cc1cnc2[nH]cc(-c3ncc(C)c(C#CC4CC4)cn(C4CC5CCC4C5)n3C)c2c1. The number of pyridine rings is 1. The number of hydrogen-bond acceptors (Lipinski definition) is 2. The number of H-pyrrole nitrogens is 1. The van der Waals surface area contributed by atoms with Crippen LogP contribution < -0.4 is 0 Å². The topological polar surface area (TPSA) is 51.4 Å². The van der Waals surface area contributed by atoms with E-state index in [0.717, 1.165) is 50.9 Å². The smallest absolute Gasteiger partial charge is 0.156 e. The van der Waals surface area contributed by atoms with Crippen LogP contribution in [0.2, 0.25) is 0 Å². The zero-order valence-corrected chi connectivity index (χ0v) is 20.4. The van der Waals surface area contributed by atoms with E-state index in [1.807, 2.05) is 18.6 Å². The lowest BCUT2D eigenvalue weighted by Crippen LogP contribution is -2.24. The molecule has 2 bridgehead atoms. The van der Waals surface area contributed by atoms with Crippen molar-refractivity contribution in [2.75, 3.05) is 0 Å². The normalized spacial score (nSPS) is 21.9. The summed E-state index contributed by atoms with van der Waals surface area (Å²) in [5.41, 5.74) is 5.39. The Hall–Kier alpha value is -3.44. The molecule has 0 aromatic carbocycles. The monoisotopic (exact) mass is 467 g/mol. The molecule has 35 heavy (non-hydrogen) atoms. The first-order valence-electron chi connectivity index (χ1n) is 12.3. The molecule has 5 heteroatoms. The van der Waals surface area contributed by atoms with Crippen molar-refractivity contribution in [3.05, 3.63) is 47.5 Å². The van der Waals surface area contributed by atoms with Crippen LogP contribution in [0, 0.1) is 56.3 Å². The highest BCUT2D eigenvalue weighted by Gasteiger charge is 2.41. The molecule has 0 saturated heterocycles. The fourth-order valence-corrected chi connectivity index (χ4v) is 5.67. The Kier molecular flexibility index (Phi) is 7.08. The highest BCUT2D eigenvalue weighted by molar-refractivity contribution is 5.91. The third-order valence-corrected chi connectivity index (χ3v) is 7.66. The first-order chi connectivity index (χ1) is 16.6. The van der Waals surface area contributed by atoms with E-state index in [4.69, 9.17) is 4.98 Å². The number of hydrogen-bond donors (Lipinski definition) is 1. The summed E-state index contributed by atoms with van der Waals surface area (Å²) in [6.07, 6.45) is 24.1. The molecule has 0 radical (unpaired) electrons. The molecule has 3 aromatic heterocycles. The Morgan fingerprint density at radius 1 is 1.06 bits per heavy atom. The lowest BCUT2D eigenvalue weighted by Gasteiger charge is -2.28. The molecule has 0 spiro atoms. The standard InChI is InChI=1S/C27H31N5.C2H2.CH4/c1-17-10-23-24(15-29-26(23)28-13-17)27-30-14-18(2)22(9-6-19-4-5-19)16-32(31(27)3)25-12-20-7-8-21(25)11-20;1-2;/h10,13-16,19-21,25H,4-5,7-8,11-12H2,1-3H3,(H,28,29);1-2H;1H4. The van der Waals surface area contributed by atoms with E-state index >= 15 is 0 Å². The van der Waals surface area contributed by atoms with Gasteiger partial charge in [0.25, 0.3) is 0 Å². The van der Waals surface area contributed by atoms with E-state index in [0.29, 0.717) is 12.0 Å². The van der Waals surface area contributed by atoms with Crippen LogP contribution in [0.25, 0.3) is 22.4 Å². The van der Waals surface area contributed by atoms with Crippen molar-refractivity contribution in [1.29, 1.82) is 0 Å². The summed E-state index contributed by atoms with van der Waals surface area (Å²) in [4.78, 5) is 12.9. The summed E-state index contributed by atoms with van der Waals surface area (Å²) in [6.45, 7) is 4.23. The van der Waals surface area contributed by atoms with Gasteiger partial charge in [0.1, 0.15) is 5.65 Å². The van der Waals surface area contributed by atoms with Gasteiger partial charge in [-0.15, -0.1) is 12.8 Å². The van der Waals surface area contributed by atoms with Gasteiger partial charge in [-0.1, -0.05) is 25.7 Å². The summed E-state index contributed by atoms with van der Waals surface area (Å²) >= 11 is 0. The predicted molar refractivity (Wildman–Crippen MR) is 144 cm³/mol. The van der Waals surface area contributed by atoms with Gasteiger partial charge in [0.2, 0.25) is 0 Å². The van der Waals surface area contributed by atoms with Crippen molar-refractivity contribution in [2.24, 2.45) is 24.8 Å². The van der Waals surface area contributed by atoms with E-state index in [-0.39, 0.29) is 7.43 Å². The molecule has 3 aliphatic carbocycles. The third kappa shape index (κ3) is 4.73. The highest BCUT2D eigenvalue weighted by atomic mass is 15.4. The van der Waals surface area contributed by atoms with Crippen molar-refractivity contribution in [1.82, 2.24) is 24.3 Å². The van der Waals surface area contributed by atoms with Crippen LogP contribution in [0.4, 0.5) is 0 Å². The molecule has 5 nitrogen and oxygen atoms in total. The van der Waals surface area contributed by atoms with Crippen LogP contribution >= 0.6 is 0 Å². The van der Waals surface area contributed by atoms with Gasteiger partial charge < -0.3 is 4.98 Å². The molecule has 3 fully saturated rings. The maximum Gasteiger partial charge on any atom is 0.156 e. The molecule has 3 aromatic rings. The molecule has 0 aliphatic heterocycles. The number of aryl methyl sites for hydroxylation is 2. The molecule has 3 unspecified atom stereocenters. The fourth-order valence-electron chi connectivity index (χ4n) is 5.67. The van der Waals surface area contributed by atoms with E-state index in [1.54, 1.807) is 0 Å². The third-order valence-electron chi connectivity index (χ3n) is 7.66. The first kappa shape index (κ1) is 24.7. The van der Waals surface area contributed by atoms with E-state index in [9.17, 15) is 0 Å². The van der Waals surface area contributed by atoms with Crippen LogP contribution in [0.15, 0.2) is 30.9 Å². The zero-order chi connectivity index (χ0) is 23.8. The Balaban J connectivity index is 0.000000940. The van der Waals surface area contributed by atoms with Crippen molar-refractivity contribution >= 4 is 11.0 Å². The van der Waals surface area contributed by atoms with E-state index in [1.165, 1.54) is 38.5 Å². The maximum atomic E-state index is 5.03. The van der Waals surface area contributed by atoms with E-state index < -0.39 is 0 Å². The molecule has 1 N–H and O–H groups in total. The highest BCUT2D eigenvalue weighted by Crippen LogP contribution is 2.50. The number of aromatic amines is 1. The molecular formula is C30H37N5. The summed E-state index contributed by atoms with van der Waals surface area (Å²) in [7, 11) is 2.16. The molecule has 3 saturated carbocycles. The van der Waals surface area contributed by atoms with Crippen molar-refractivity contribution < 1.29 is 0 Å². The van der Waals surface area contributed by atoms with Crippen LogP contribution in [-0.2, 0) is 7.05 Å². The Morgan fingerprint density at radius 2 is 1.86 bits per heavy atom. The number of terminal acetylenes is 1. The Morgan fingerprint density at radius 3 is 2.54 bits per heavy atom. The number of nitrogens with one attached hydrogen (secondary N) is 1. The second kappa shape index (κ2) is 10.0. The lowest BCUT2D eigenvalue weighted by atomic mass is 9.95. The average Bonchev–Trinajstić information content (AvgIpc) is 3.22. The molecule has 3 heterocycles. The summed E-state index contributed by atoms with van der Waals surface area (Å²) in [5.74, 6) is 10.1. The lowest BCUT2D eigenvalue weighted by molar-refractivity contribution is 0.276. The van der Waals surface area contributed by atoms with E-state index in [2.05, 4.69) is 77.2 Å². The van der Waals surface area contributed by atoms with Gasteiger partial charge in [0, 0.05) is 54.3 Å². The van der Waals surface area contributed by atoms with Crippen LogP contribution in [0.1, 0.15) is 68.7 Å². The summed E-state index contributed by atoms with van der Waals surface area (Å²) in [5, 5.41) is 1.12. The minimum absolute atomic E-state index is 0. The average molecular weight is 468 g/mol. The molecule has 6 rings (SSSR count). The van der Waals surface area contributed by atoms with Crippen LogP contribution in [0.5, 0.6) is 0 Å². The van der Waals surface area contributed by atoms with Crippen molar-refractivity contribution in [3.63, 3.8) is 0 Å². The number of rotatable bonds is 2. The number of aromatic nitrogens is 5. The molecule has 182 valence electrons. The van der Waals surface area contributed by atoms with Gasteiger partial charge in [-0.3, -0.25) is 9.36 Å².